The average molecular weight is 393 g/mol. The number of aryl methyl sites for hydroxylation is 1. The van der Waals surface area contributed by atoms with Crippen molar-refractivity contribution in [2.75, 3.05) is 42.9 Å². The van der Waals surface area contributed by atoms with E-state index in [-0.39, 0.29) is 18.2 Å². The van der Waals surface area contributed by atoms with Crippen LogP contribution in [0.4, 0.5) is 11.5 Å². The van der Waals surface area contributed by atoms with Crippen molar-refractivity contribution in [3.63, 3.8) is 0 Å². The molecule has 150 valence electrons. The van der Waals surface area contributed by atoms with Gasteiger partial charge in [0.1, 0.15) is 12.1 Å². The normalized spacial score (nSPS) is 14.9. The Kier molecular flexibility index (Phi) is 5.22. The molecular weight excluding hydrogens is 370 g/mol. The van der Waals surface area contributed by atoms with Crippen LogP contribution in [0.2, 0.25) is 0 Å². The zero-order valence-electron chi connectivity index (χ0n) is 16.5. The van der Waals surface area contributed by atoms with E-state index in [1.165, 1.54) is 6.92 Å². The van der Waals surface area contributed by atoms with Crippen molar-refractivity contribution in [2.24, 2.45) is 7.05 Å². The number of benzene rings is 1. The van der Waals surface area contributed by atoms with E-state index in [0.29, 0.717) is 11.3 Å². The zero-order chi connectivity index (χ0) is 20.4. The fourth-order valence-electron chi connectivity index (χ4n) is 3.61. The number of rotatable bonds is 5. The Labute approximate surface area is 168 Å². The number of aromatic nitrogens is 4. The van der Waals surface area contributed by atoms with Gasteiger partial charge in [0.15, 0.2) is 11.4 Å². The molecule has 2 aromatic heterocycles. The Balaban J connectivity index is 1.36. The third-order valence-electron chi connectivity index (χ3n) is 5.13. The molecule has 0 radical (unpaired) electrons. The first-order chi connectivity index (χ1) is 14.0. The highest BCUT2D eigenvalue weighted by Gasteiger charge is 2.22. The number of ketones is 1. The SMILES string of the molecule is CC(=O)c1ccccc1NC(=O)CN1CCN(c2ncnc3c2cnn3C)CC1. The van der Waals surface area contributed by atoms with Crippen molar-refractivity contribution in [1.29, 1.82) is 0 Å². The Morgan fingerprint density at radius 2 is 1.86 bits per heavy atom. The quantitative estimate of drug-likeness (QED) is 0.653. The van der Waals surface area contributed by atoms with Crippen LogP contribution in [-0.4, -0.2) is 69.1 Å². The molecule has 0 unspecified atom stereocenters. The van der Waals surface area contributed by atoms with Crippen molar-refractivity contribution in [2.45, 2.75) is 6.92 Å². The molecule has 1 amide bonds. The lowest BCUT2D eigenvalue weighted by Crippen LogP contribution is -2.49. The van der Waals surface area contributed by atoms with Gasteiger partial charge in [-0.2, -0.15) is 5.10 Å². The lowest BCUT2D eigenvalue weighted by Gasteiger charge is -2.35. The summed E-state index contributed by atoms with van der Waals surface area (Å²) in [7, 11) is 1.86. The van der Waals surface area contributed by atoms with Crippen LogP contribution in [-0.2, 0) is 11.8 Å². The van der Waals surface area contributed by atoms with Crippen LogP contribution in [0, 0.1) is 0 Å². The molecule has 1 N–H and O–H groups in total. The second kappa shape index (κ2) is 7.96. The standard InChI is InChI=1S/C20H23N7O2/c1-14(28)15-5-3-4-6-17(15)24-18(29)12-26-7-9-27(10-8-26)20-16-11-23-25(2)19(16)21-13-22-20/h3-6,11,13H,7-10,12H2,1-2H3,(H,24,29). The number of nitrogens with one attached hydrogen (secondary N) is 1. The minimum Gasteiger partial charge on any atom is -0.353 e. The second-order valence-electron chi connectivity index (χ2n) is 7.12. The van der Waals surface area contributed by atoms with E-state index >= 15 is 0 Å². The van der Waals surface area contributed by atoms with Crippen LogP contribution in [0.5, 0.6) is 0 Å². The van der Waals surface area contributed by atoms with Gasteiger partial charge < -0.3 is 10.2 Å². The predicted molar refractivity (Wildman–Crippen MR) is 110 cm³/mol. The van der Waals surface area contributed by atoms with Crippen molar-refractivity contribution in [3.05, 3.63) is 42.4 Å². The number of amides is 1. The molecule has 1 saturated heterocycles. The van der Waals surface area contributed by atoms with Gasteiger partial charge in [0, 0.05) is 38.8 Å². The van der Waals surface area contributed by atoms with E-state index in [1.807, 2.05) is 13.1 Å². The van der Waals surface area contributed by atoms with Gasteiger partial charge in [0.25, 0.3) is 0 Å². The Bertz CT molecular complexity index is 1050. The lowest BCUT2D eigenvalue weighted by molar-refractivity contribution is -0.117. The number of para-hydroxylation sites is 1. The average Bonchev–Trinajstić information content (AvgIpc) is 3.10. The Hall–Kier alpha value is -3.33. The summed E-state index contributed by atoms with van der Waals surface area (Å²) in [6, 6.07) is 7.07. The van der Waals surface area contributed by atoms with Crippen LogP contribution in [0.25, 0.3) is 11.0 Å². The van der Waals surface area contributed by atoms with Gasteiger partial charge in [0.05, 0.1) is 23.8 Å². The van der Waals surface area contributed by atoms with Crippen LogP contribution < -0.4 is 10.2 Å². The van der Waals surface area contributed by atoms with Crippen LogP contribution in [0.1, 0.15) is 17.3 Å². The van der Waals surface area contributed by atoms with E-state index < -0.39 is 0 Å². The Morgan fingerprint density at radius 3 is 2.62 bits per heavy atom. The third-order valence-corrected chi connectivity index (χ3v) is 5.13. The van der Waals surface area contributed by atoms with Crippen LogP contribution in [0.15, 0.2) is 36.8 Å². The number of carbonyl (C=O) groups is 2. The van der Waals surface area contributed by atoms with Gasteiger partial charge in [-0.15, -0.1) is 0 Å². The topological polar surface area (TPSA) is 96.2 Å². The van der Waals surface area contributed by atoms with Crippen molar-refractivity contribution < 1.29 is 9.59 Å². The molecule has 9 nitrogen and oxygen atoms in total. The number of Topliss-reactive ketones (excluding diaryl/α,β-unsaturated/α-hetero) is 1. The smallest absolute Gasteiger partial charge is 0.238 e. The lowest BCUT2D eigenvalue weighted by atomic mass is 10.1. The van der Waals surface area contributed by atoms with Crippen LogP contribution in [0.3, 0.4) is 0 Å². The molecule has 1 fully saturated rings. The number of nitrogens with zero attached hydrogens (tertiary/aromatic N) is 6. The molecule has 1 aromatic carbocycles. The van der Waals surface area contributed by atoms with Crippen molar-refractivity contribution >= 4 is 34.2 Å². The molecule has 9 heteroatoms. The predicted octanol–water partition coefficient (Wildman–Crippen LogP) is 1.33. The number of hydrogen-bond donors (Lipinski definition) is 1. The maximum Gasteiger partial charge on any atom is 0.238 e. The number of fused-ring (bicyclic) bond motifs is 1. The fraction of sp³-hybridized carbons (Fsp3) is 0.350. The van der Waals surface area contributed by atoms with E-state index in [9.17, 15) is 9.59 Å². The maximum atomic E-state index is 12.5. The number of carbonyl (C=O) groups excluding carboxylic acids is 2. The van der Waals surface area contributed by atoms with Gasteiger partial charge in [-0.05, 0) is 19.1 Å². The molecule has 0 saturated carbocycles. The summed E-state index contributed by atoms with van der Waals surface area (Å²) < 4.78 is 1.74. The molecule has 4 rings (SSSR count). The summed E-state index contributed by atoms with van der Waals surface area (Å²) in [5.74, 6) is 0.688. The first kappa shape index (κ1) is 19.0. The van der Waals surface area contributed by atoms with Gasteiger partial charge >= 0.3 is 0 Å². The summed E-state index contributed by atoms with van der Waals surface area (Å²) in [4.78, 5) is 37.2. The highest BCUT2D eigenvalue weighted by atomic mass is 16.2. The minimum absolute atomic E-state index is 0.0684. The molecule has 3 heterocycles. The van der Waals surface area contributed by atoms with Gasteiger partial charge in [-0.25, -0.2) is 9.97 Å². The summed E-state index contributed by atoms with van der Waals surface area (Å²) in [5, 5.41) is 8.06. The first-order valence-corrected chi connectivity index (χ1v) is 9.53. The molecule has 0 spiro atoms. The molecule has 3 aromatic rings. The fourth-order valence-corrected chi connectivity index (χ4v) is 3.61. The molecular formula is C20H23N7O2. The highest BCUT2D eigenvalue weighted by Crippen LogP contribution is 2.23. The monoisotopic (exact) mass is 393 g/mol. The maximum absolute atomic E-state index is 12.5. The summed E-state index contributed by atoms with van der Waals surface area (Å²) in [5.41, 5.74) is 1.89. The van der Waals surface area contributed by atoms with Crippen LogP contribution >= 0.6 is 0 Å². The molecule has 1 aliphatic heterocycles. The molecule has 0 aliphatic carbocycles. The third kappa shape index (κ3) is 3.95. The van der Waals surface area contributed by atoms with Gasteiger partial charge in [-0.3, -0.25) is 19.2 Å². The van der Waals surface area contributed by atoms with Gasteiger partial charge in [0.2, 0.25) is 5.91 Å². The highest BCUT2D eigenvalue weighted by molar-refractivity contribution is 6.04. The van der Waals surface area contributed by atoms with Gasteiger partial charge in [-0.1, -0.05) is 12.1 Å². The number of piperazine rings is 1. The number of anilines is 2. The minimum atomic E-state index is -0.121. The van der Waals surface area contributed by atoms with Crippen molar-refractivity contribution in [3.8, 4) is 0 Å². The molecule has 0 bridgehead atoms. The second-order valence-corrected chi connectivity index (χ2v) is 7.12. The van der Waals surface area contributed by atoms with E-state index in [4.69, 9.17) is 0 Å². The van der Waals surface area contributed by atoms with E-state index in [2.05, 4.69) is 30.2 Å². The molecule has 0 atom stereocenters. The van der Waals surface area contributed by atoms with E-state index in [1.54, 1.807) is 35.4 Å². The Morgan fingerprint density at radius 1 is 1.10 bits per heavy atom. The summed E-state index contributed by atoms with van der Waals surface area (Å²) in [6.45, 7) is 4.79. The largest absolute Gasteiger partial charge is 0.353 e. The summed E-state index contributed by atoms with van der Waals surface area (Å²) >= 11 is 0. The number of hydrogen-bond acceptors (Lipinski definition) is 7. The molecule has 29 heavy (non-hydrogen) atoms. The first-order valence-electron chi connectivity index (χ1n) is 9.53. The molecule has 1 aliphatic rings. The van der Waals surface area contributed by atoms with Crippen molar-refractivity contribution in [1.82, 2.24) is 24.6 Å². The zero-order valence-corrected chi connectivity index (χ0v) is 16.5. The summed E-state index contributed by atoms with van der Waals surface area (Å²) in [6.07, 6.45) is 3.35. The van der Waals surface area contributed by atoms with E-state index in [0.717, 1.165) is 43.0 Å².